The minimum atomic E-state index is -3.32. The Hall–Kier alpha value is -1.99. The lowest BCUT2D eigenvalue weighted by Crippen LogP contribution is -2.32. The molecule has 6 nitrogen and oxygen atoms in total. The molecule has 22 heavy (non-hydrogen) atoms. The third-order valence-corrected chi connectivity index (χ3v) is 5.34. The predicted octanol–water partition coefficient (Wildman–Crippen LogP) is 1.46. The topological polar surface area (TPSA) is 72.4 Å². The van der Waals surface area contributed by atoms with E-state index < -0.39 is 10.0 Å². The van der Waals surface area contributed by atoms with Crippen molar-refractivity contribution in [3.63, 3.8) is 0 Å². The molecule has 1 aliphatic heterocycles. The summed E-state index contributed by atoms with van der Waals surface area (Å²) < 4.78 is 32.0. The molecule has 7 heteroatoms. The van der Waals surface area contributed by atoms with Gasteiger partial charge in [0.1, 0.15) is 6.10 Å². The van der Waals surface area contributed by atoms with Gasteiger partial charge in [0.2, 0.25) is 15.9 Å². The van der Waals surface area contributed by atoms with Gasteiger partial charge in [0.05, 0.1) is 18.5 Å². The van der Waals surface area contributed by atoms with Crippen molar-refractivity contribution in [2.75, 3.05) is 13.1 Å². The fourth-order valence-electron chi connectivity index (χ4n) is 2.44. The maximum Gasteiger partial charge on any atom is 0.232 e. The van der Waals surface area contributed by atoms with E-state index in [2.05, 4.69) is 9.97 Å². The zero-order valence-electron chi connectivity index (χ0n) is 12.0. The minimum absolute atomic E-state index is 0.0195. The van der Waals surface area contributed by atoms with Crippen molar-refractivity contribution in [2.24, 2.45) is 0 Å². The Morgan fingerprint density at radius 2 is 2.05 bits per heavy atom. The van der Waals surface area contributed by atoms with Crippen molar-refractivity contribution in [3.8, 4) is 5.88 Å². The molecule has 0 spiro atoms. The monoisotopic (exact) mass is 319 g/mol. The lowest BCUT2D eigenvalue weighted by atomic mass is 10.2. The molecule has 0 bridgehead atoms. The van der Waals surface area contributed by atoms with Gasteiger partial charge in [-0.2, -0.15) is 4.31 Å². The van der Waals surface area contributed by atoms with Crippen LogP contribution in [0.25, 0.3) is 0 Å². The van der Waals surface area contributed by atoms with Crippen LogP contribution in [0.5, 0.6) is 5.88 Å². The Kier molecular flexibility index (Phi) is 4.35. The average molecular weight is 319 g/mol. The Bertz CT molecular complexity index is 707. The highest BCUT2D eigenvalue weighted by molar-refractivity contribution is 7.88. The van der Waals surface area contributed by atoms with Crippen LogP contribution in [-0.4, -0.2) is 41.9 Å². The lowest BCUT2D eigenvalue weighted by molar-refractivity contribution is 0.206. The number of aromatic nitrogens is 2. The van der Waals surface area contributed by atoms with Crippen molar-refractivity contribution in [1.29, 1.82) is 0 Å². The molecular formula is C15H17N3O3S. The van der Waals surface area contributed by atoms with Gasteiger partial charge >= 0.3 is 0 Å². The Labute approximate surface area is 129 Å². The summed E-state index contributed by atoms with van der Waals surface area (Å²) in [6.07, 6.45) is 5.13. The maximum atomic E-state index is 12.4. The summed E-state index contributed by atoms with van der Waals surface area (Å²) >= 11 is 0. The SMILES string of the molecule is O=S(=O)(Cc1ccccc1)N1CCC(Oc2cnccn2)C1. The third kappa shape index (κ3) is 3.61. The van der Waals surface area contributed by atoms with Gasteiger partial charge in [0.15, 0.2) is 0 Å². The standard InChI is InChI=1S/C15H17N3O3S/c19-22(20,12-13-4-2-1-3-5-13)18-9-6-14(11-18)21-15-10-16-7-8-17-15/h1-5,7-8,10,14H,6,9,11-12H2. The summed E-state index contributed by atoms with van der Waals surface area (Å²) in [5.74, 6) is 0.445. The average Bonchev–Trinajstić information content (AvgIpc) is 2.98. The summed E-state index contributed by atoms with van der Waals surface area (Å²) in [6.45, 7) is 0.825. The van der Waals surface area contributed by atoms with E-state index in [-0.39, 0.29) is 11.9 Å². The van der Waals surface area contributed by atoms with Crippen LogP contribution in [0.15, 0.2) is 48.9 Å². The quantitative estimate of drug-likeness (QED) is 0.834. The van der Waals surface area contributed by atoms with Crippen molar-refractivity contribution >= 4 is 10.0 Å². The highest BCUT2D eigenvalue weighted by Crippen LogP contribution is 2.20. The molecule has 0 aliphatic carbocycles. The molecule has 2 aromatic rings. The number of sulfonamides is 1. The summed E-state index contributed by atoms with van der Waals surface area (Å²) in [7, 11) is -3.32. The maximum absolute atomic E-state index is 12.4. The zero-order chi connectivity index (χ0) is 15.4. The molecule has 116 valence electrons. The highest BCUT2D eigenvalue weighted by Gasteiger charge is 2.32. The van der Waals surface area contributed by atoms with Gasteiger partial charge in [-0.05, 0) is 12.0 Å². The van der Waals surface area contributed by atoms with E-state index in [4.69, 9.17) is 4.74 Å². The second-order valence-electron chi connectivity index (χ2n) is 5.17. The van der Waals surface area contributed by atoms with Crippen LogP contribution in [0.2, 0.25) is 0 Å². The minimum Gasteiger partial charge on any atom is -0.472 e. The largest absolute Gasteiger partial charge is 0.472 e. The van der Waals surface area contributed by atoms with Crippen LogP contribution in [-0.2, 0) is 15.8 Å². The molecule has 2 heterocycles. The molecule has 3 rings (SSSR count). The van der Waals surface area contributed by atoms with Gasteiger partial charge in [-0.1, -0.05) is 30.3 Å². The summed E-state index contributed by atoms with van der Waals surface area (Å²) in [4.78, 5) is 7.98. The first-order valence-electron chi connectivity index (χ1n) is 7.08. The number of ether oxygens (including phenoxy) is 1. The molecule has 1 fully saturated rings. The number of nitrogens with zero attached hydrogens (tertiary/aromatic N) is 3. The van der Waals surface area contributed by atoms with E-state index in [1.54, 1.807) is 12.4 Å². The van der Waals surface area contributed by atoms with E-state index in [1.807, 2.05) is 30.3 Å². The van der Waals surface area contributed by atoms with Crippen molar-refractivity contribution in [3.05, 3.63) is 54.5 Å². The first-order chi connectivity index (χ1) is 10.6. The van der Waals surface area contributed by atoms with Crippen LogP contribution in [0.4, 0.5) is 0 Å². The molecule has 0 N–H and O–H groups in total. The van der Waals surface area contributed by atoms with Crippen LogP contribution in [0.3, 0.4) is 0 Å². The van der Waals surface area contributed by atoms with Gasteiger partial charge in [-0.3, -0.25) is 4.98 Å². The van der Waals surface area contributed by atoms with Gasteiger partial charge in [0.25, 0.3) is 0 Å². The first-order valence-corrected chi connectivity index (χ1v) is 8.69. The van der Waals surface area contributed by atoms with E-state index >= 15 is 0 Å². The third-order valence-electron chi connectivity index (χ3n) is 3.52. The molecule has 1 aliphatic rings. The number of rotatable bonds is 5. The van der Waals surface area contributed by atoms with Crippen molar-refractivity contribution in [1.82, 2.24) is 14.3 Å². The van der Waals surface area contributed by atoms with Crippen LogP contribution < -0.4 is 4.74 Å². The molecule has 1 atom stereocenters. The fraction of sp³-hybridized carbons (Fsp3) is 0.333. The van der Waals surface area contributed by atoms with E-state index in [1.165, 1.54) is 10.5 Å². The van der Waals surface area contributed by atoms with Gasteiger partial charge < -0.3 is 4.74 Å². The number of hydrogen-bond acceptors (Lipinski definition) is 5. The summed E-state index contributed by atoms with van der Waals surface area (Å²) in [5, 5.41) is 0. The molecule has 0 radical (unpaired) electrons. The normalized spacial score (nSPS) is 19.2. The predicted molar refractivity (Wildman–Crippen MR) is 81.7 cm³/mol. The lowest BCUT2D eigenvalue weighted by Gasteiger charge is -2.17. The van der Waals surface area contributed by atoms with Gasteiger partial charge in [-0.15, -0.1) is 0 Å². The van der Waals surface area contributed by atoms with E-state index in [0.717, 1.165) is 5.56 Å². The number of hydrogen-bond donors (Lipinski definition) is 0. The fourth-order valence-corrected chi connectivity index (χ4v) is 4.01. The van der Waals surface area contributed by atoms with Gasteiger partial charge in [0, 0.05) is 18.9 Å². The van der Waals surface area contributed by atoms with Crippen LogP contribution >= 0.6 is 0 Å². The van der Waals surface area contributed by atoms with Crippen molar-refractivity contribution in [2.45, 2.75) is 18.3 Å². The molecular weight excluding hydrogens is 302 g/mol. The molecule has 0 saturated carbocycles. The molecule has 1 aromatic carbocycles. The van der Waals surface area contributed by atoms with Crippen molar-refractivity contribution < 1.29 is 13.2 Å². The zero-order valence-corrected chi connectivity index (χ0v) is 12.8. The second kappa shape index (κ2) is 6.41. The Morgan fingerprint density at radius 1 is 1.23 bits per heavy atom. The molecule has 1 unspecified atom stereocenters. The first kappa shape index (κ1) is 14.9. The summed E-state index contributed by atoms with van der Waals surface area (Å²) in [5.41, 5.74) is 0.792. The van der Waals surface area contributed by atoms with Crippen LogP contribution in [0, 0.1) is 0 Å². The molecule has 1 aromatic heterocycles. The molecule has 1 saturated heterocycles. The smallest absolute Gasteiger partial charge is 0.232 e. The number of benzene rings is 1. The van der Waals surface area contributed by atoms with Gasteiger partial charge in [-0.25, -0.2) is 13.4 Å². The van der Waals surface area contributed by atoms with E-state index in [9.17, 15) is 8.42 Å². The summed E-state index contributed by atoms with van der Waals surface area (Å²) in [6, 6.07) is 9.20. The Morgan fingerprint density at radius 3 is 2.77 bits per heavy atom. The second-order valence-corrected chi connectivity index (χ2v) is 7.14. The Balaban J connectivity index is 1.62. The van der Waals surface area contributed by atoms with Crippen LogP contribution in [0.1, 0.15) is 12.0 Å². The highest BCUT2D eigenvalue weighted by atomic mass is 32.2. The molecule has 0 amide bonds. The van der Waals surface area contributed by atoms with E-state index in [0.29, 0.717) is 25.4 Å².